The Labute approximate surface area is 118 Å². The number of benzene rings is 1. The lowest BCUT2D eigenvalue weighted by molar-refractivity contribution is 0.251. The fraction of sp³-hybridized carbons (Fsp3) is 0.200. The van der Waals surface area contributed by atoms with Gasteiger partial charge in [0.25, 0.3) is 0 Å². The third-order valence-corrected chi connectivity index (χ3v) is 2.85. The number of carbonyl (C=O) groups is 1. The summed E-state index contributed by atoms with van der Waals surface area (Å²) in [5, 5.41) is 5.56. The quantitative estimate of drug-likeness (QED) is 0.796. The van der Waals surface area contributed by atoms with E-state index >= 15 is 0 Å². The van der Waals surface area contributed by atoms with E-state index < -0.39 is 0 Å². The topological polar surface area (TPSA) is 80.0 Å². The van der Waals surface area contributed by atoms with E-state index in [1.165, 1.54) is 0 Å². The fourth-order valence-electron chi connectivity index (χ4n) is 1.74. The molecule has 0 atom stereocenters. The normalized spacial score (nSPS) is 10.1. The second-order valence-electron chi connectivity index (χ2n) is 4.52. The number of nitrogens with one attached hydrogen (secondary N) is 2. The maximum absolute atomic E-state index is 11.8. The molecule has 1 aromatic heterocycles. The molecule has 0 saturated carbocycles. The van der Waals surface area contributed by atoms with Crippen LogP contribution < -0.4 is 16.4 Å². The lowest BCUT2D eigenvalue weighted by atomic mass is 10.2. The van der Waals surface area contributed by atoms with E-state index in [0.717, 1.165) is 22.5 Å². The van der Waals surface area contributed by atoms with Crippen LogP contribution in [0.2, 0.25) is 0 Å². The first-order chi connectivity index (χ1) is 9.67. The minimum absolute atomic E-state index is 0.250. The minimum Gasteiger partial charge on any atom is -0.334 e. The zero-order valence-corrected chi connectivity index (χ0v) is 11.4. The maximum atomic E-state index is 11.8. The summed E-state index contributed by atoms with van der Waals surface area (Å²) in [6, 6.07) is 11.1. The van der Waals surface area contributed by atoms with Crippen LogP contribution in [0.1, 0.15) is 16.8 Å². The van der Waals surface area contributed by atoms with Crippen LogP contribution in [0.15, 0.2) is 42.6 Å². The van der Waals surface area contributed by atoms with Crippen molar-refractivity contribution in [3.8, 4) is 0 Å². The molecule has 2 aromatic rings. The number of hydrogen-bond acceptors (Lipinski definition) is 3. The largest absolute Gasteiger partial charge is 0.334 e. The van der Waals surface area contributed by atoms with Crippen molar-refractivity contribution < 1.29 is 4.79 Å². The van der Waals surface area contributed by atoms with Gasteiger partial charge in [0.2, 0.25) is 0 Å². The first-order valence-electron chi connectivity index (χ1n) is 6.43. The summed E-state index contributed by atoms with van der Waals surface area (Å²) < 4.78 is 0. The molecule has 5 nitrogen and oxygen atoms in total. The average molecular weight is 270 g/mol. The zero-order valence-electron chi connectivity index (χ0n) is 11.4. The summed E-state index contributed by atoms with van der Waals surface area (Å²) in [6.07, 6.45) is 1.75. The molecular weight excluding hydrogens is 252 g/mol. The number of anilines is 1. The number of nitrogens with two attached hydrogens (primary N) is 1. The van der Waals surface area contributed by atoms with Gasteiger partial charge in [-0.1, -0.05) is 18.2 Å². The van der Waals surface area contributed by atoms with Crippen molar-refractivity contribution in [3.05, 3.63) is 59.4 Å². The highest BCUT2D eigenvalue weighted by molar-refractivity contribution is 5.89. The zero-order chi connectivity index (χ0) is 14.4. The Bertz CT molecular complexity index is 581. The Morgan fingerprint density at radius 2 is 2.10 bits per heavy atom. The molecule has 0 unspecified atom stereocenters. The van der Waals surface area contributed by atoms with Crippen molar-refractivity contribution in [1.82, 2.24) is 10.3 Å². The van der Waals surface area contributed by atoms with Gasteiger partial charge in [-0.15, -0.1) is 0 Å². The number of urea groups is 1. The lowest BCUT2D eigenvalue weighted by Crippen LogP contribution is -2.28. The number of pyridine rings is 1. The standard InChI is InChI=1S/C15H18N4O/c1-11-5-6-13(9-17-11)10-18-15(20)19-14-4-2-3-12(7-14)8-16/h2-7,9H,8,10,16H2,1H3,(H2,18,19,20). The maximum Gasteiger partial charge on any atom is 0.319 e. The van der Waals surface area contributed by atoms with Gasteiger partial charge >= 0.3 is 6.03 Å². The van der Waals surface area contributed by atoms with E-state index in [9.17, 15) is 4.79 Å². The van der Waals surface area contributed by atoms with Crippen LogP contribution in [0, 0.1) is 6.92 Å². The number of rotatable bonds is 4. The second-order valence-corrected chi connectivity index (χ2v) is 4.52. The predicted octanol–water partition coefficient (Wildman–Crippen LogP) is 2.17. The summed E-state index contributed by atoms with van der Waals surface area (Å²) in [7, 11) is 0. The molecule has 0 spiro atoms. The summed E-state index contributed by atoms with van der Waals surface area (Å²) in [5.74, 6) is 0. The van der Waals surface area contributed by atoms with Gasteiger partial charge in [0.05, 0.1) is 0 Å². The molecule has 0 saturated heterocycles. The molecule has 0 radical (unpaired) electrons. The van der Waals surface area contributed by atoms with Gasteiger partial charge < -0.3 is 16.4 Å². The van der Waals surface area contributed by atoms with Gasteiger partial charge in [0.1, 0.15) is 0 Å². The van der Waals surface area contributed by atoms with E-state index in [1.54, 1.807) is 6.20 Å². The van der Waals surface area contributed by atoms with Crippen molar-refractivity contribution in [2.24, 2.45) is 5.73 Å². The highest BCUT2D eigenvalue weighted by atomic mass is 16.2. The van der Waals surface area contributed by atoms with Crippen LogP contribution in [0.3, 0.4) is 0 Å². The highest BCUT2D eigenvalue weighted by Gasteiger charge is 2.02. The Kier molecular flexibility index (Phi) is 4.68. The molecular formula is C15H18N4O. The van der Waals surface area contributed by atoms with E-state index in [2.05, 4.69) is 15.6 Å². The Balaban J connectivity index is 1.87. The van der Waals surface area contributed by atoms with E-state index in [4.69, 9.17) is 5.73 Å². The van der Waals surface area contributed by atoms with Crippen molar-refractivity contribution in [1.29, 1.82) is 0 Å². The van der Waals surface area contributed by atoms with Crippen LogP contribution in [0.25, 0.3) is 0 Å². The van der Waals surface area contributed by atoms with Crippen LogP contribution in [-0.2, 0) is 13.1 Å². The lowest BCUT2D eigenvalue weighted by Gasteiger charge is -2.08. The predicted molar refractivity (Wildman–Crippen MR) is 79.2 cm³/mol. The van der Waals surface area contributed by atoms with E-state index in [-0.39, 0.29) is 6.03 Å². The average Bonchev–Trinajstić information content (AvgIpc) is 2.47. The summed E-state index contributed by atoms with van der Waals surface area (Å²) >= 11 is 0. The number of hydrogen-bond donors (Lipinski definition) is 3. The van der Waals surface area contributed by atoms with Crippen LogP contribution in [-0.4, -0.2) is 11.0 Å². The number of amides is 2. The summed E-state index contributed by atoms with van der Waals surface area (Å²) in [4.78, 5) is 16.0. The van der Waals surface area contributed by atoms with Gasteiger partial charge in [0.15, 0.2) is 0 Å². The van der Waals surface area contributed by atoms with Crippen LogP contribution in [0.4, 0.5) is 10.5 Å². The number of nitrogens with zero attached hydrogens (tertiary/aromatic N) is 1. The molecule has 0 aliphatic heterocycles. The molecule has 0 fully saturated rings. The third kappa shape index (κ3) is 4.07. The molecule has 0 aliphatic carbocycles. The monoisotopic (exact) mass is 270 g/mol. The van der Waals surface area contributed by atoms with Gasteiger partial charge in [-0.25, -0.2) is 4.79 Å². The third-order valence-electron chi connectivity index (χ3n) is 2.85. The van der Waals surface area contributed by atoms with Gasteiger partial charge in [0, 0.05) is 30.7 Å². The van der Waals surface area contributed by atoms with E-state index in [0.29, 0.717) is 13.1 Å². The number of aryl methyl sites for hydroxylation is 1. The number of carbonyl (C=O) groups excluding carboxylic acids is 1. The van der Waals surface area contributed by atoms with Gasteiger partial charge in [-0.3, -0.25) is 4.98 Å². The second kappa shape index (κ2) is 6.68. The molecule has 5 heteroatoms. The van der Waals surface area contributed by atoms with Crippen molar-refractivity contribution in [3.63, 3.8) is 0 Å². The fourth-order valence-corrected chi connectivity index (χ4v) is 1.74. The van der Waals surface area contributed by atoms with E-state index in [1.807, 2.05) is 43.3 Å². The smallest absolute Gasteiger partial charge is 0.319 e. The van der Waals surface area contributed by atoms with Gasteiger partial charge in [-0.05, 0) is 36.2 Å². The van der Waals surface area contributed by atoms with Crippen molar-refractivity contribution in [2.45, 2.75) is 20.0 Å². The Morgan fingerprint density at radius 3 is 2.80 bits per heavy atom. The molecule has 1 heterocycles. The Morgan fingerprint density at radius 1 is 1.25 bits per heavy atom. The Hall–Kier alpha value is -2.40. The molecule has 2 amide bonds. The molecule has 104 valence electrons. The molecule has 20 heavy (non-hydrogen) atoms. The number of aromatic nitrogens is 1. The van der Waals surface area contributed by atoms with Crippen molar-refractivity contribution >= 4 is 11.7 Å². The minimum atomic E-state index is -0.250. The first kappa shape index (κ1) is 14.0. The summed E-state index contributed by atoms with van der Waals surface area (Å²) in [5.41, 5.74) is 9.18. The molecule has 4 N–H and O–H groups in total. The molecule has 1 aromatic carbocycles. The molecule has 2 rings (SSSR count). The SMILES string of the molecule is Cc1ccc(CNC(=O)Nc2cccc(CN)c2)cn1. The highest BCUT2D eigenvalue weighted by Crippen LogP contribution is 2.09. The van der Waals surface area contributed by atoms with Crippen molar-refractivity contribution in [2.75, 3.05) is 5.32 Å². The molecule has 0 aliphatic rings. The van der Waals surface area contributed by atoms with Crippen LogP contribution >= 0.6 is 0 Å². The molecule has 0 bridgehead atoms. The van der Waals surface area contributed by atoms with Crippen LogP contribution in [0.5, 0.6) is 0 Å². The first-order valence-corrected chi connectivity index (χ1v) is 6.43. The van der Waals surface area contributed by atoms with Gasteiger partial charge in [-0.2, -0.15) is 0 Å². The summed E-state index contributed by atoms with van der Waals surface area (Å²) in [6.45, 7) is 2.82.